The van der Waals surface area contributed by atoms with Crippen LogP contribution >= 0.6 is 0 Å². The zero-order valence-corrected chi connectivity index (χ0v) is 10.5. The fraction of sp³-hybridized carbons (Fsp3) is 0.462. The third-order valence-electron chi connectivity index (χ3n) is 2.92. The number of carbonyl (C=O) groups excluding carboxylic acids is 1. The van der Waals surface area contributed by atoms with E-state index in [-0.39, 0.29) is 28.6 Å². The Morgan fingerprint density at radius 3 is 2.72 bits per heavy atom. The summed E-state index contributed by atoms with van der Waals surface area (Å²) in [5.41, 5.74) is -0.175. The molecule has 1 aliphatic rings. The highest BCUT2D eigenvalue weighted by Crippen LogP contribution is 2.25. The Morgan fingerprint density at radius 1 is 1.39 bits per heavy atom. The Kier molecular flexibility index (Phi) is 3.17. The number of carbonyl (C=O) groups is 1. The van der Waals surface area contributed by atoms with E-state index in [2.05, 4.69) is 0 Å². The summed E-state index contributed by atoms with van der Waals surface area (Å²) in [6.07, 6.45) is 0. The van der Waals surface area contributed by atoms with Crippen LogP contribution in [0.2, 0.25) is 0 Å². The molecule has 0 saturated carbocycles. The number of ether oxygens (including phenoxy) is 1. The number of nitrogens with zero attached hydrogens (tertiary/aromatic N) is 1. The lowest BCUT2D eigenvalue weighted by molar-refractivity contribution is -0.0764. The van der Waals surface area contributed by atoms with Gasteiger partial charge in [-0.1, -0.05) is 0 Å². The number of benzene rings is 1. The number of morpholine rings is 1. The maximum absolute atomic E-state index is 12.2. The Balaban J connectivity index is 2.20. The van der Waals surface area contributed by atoms with Crippen molar-refractivity contribution in [2.24, 2.45) is 0 Å². The summed E-state index contributed by atoms with van der Waals surface area (Å²) in [5.74, 6) is -0.514. The van der Waals surface area contributed by atoms with Crippen molar-refractivity contribution in [1.29, 1.82) is 0 Å². The van der Waals surface area contributed by atoms with Gasteiger partial charge in [-0.2, -0.15) is 0 Å². The highest BCUT2D eigenvalue weighted by atomic mass is 16.5. The smallest absolute Gasteiger partial charge is 0.257 e. The lowest BCUT2D eigenvalue weighted by atomic mass is 10.1. The average Bonchev–Trinajstić information content (AvgIpc) is 2.27. The molecule has 0 bridgehead atoms. The van der Waals surface area contributed by atoms with Gasteiger partial charge in [0.1, 0.15) is 11.5 Å². The Hall–Kier alpha value is -1.75. The van der Waals surface area contributed by atoms with Crippen LogP contribution in [0.25, 0.3) is 0 Å². The molecule has 5 nitrogen and oxygen atoms in total. The van der Waals surface area contributed by atoms with E-state index in [0.717, 1.165) is 0 Å². The predicted octanol–water partition coefficient (Wildman–Crippen LogP) is 1.35. The summed E-state index contributed by atoms with van der Waals surface area (Å²) in [5, 5.41) is 18.9. The van der Waals surface area contributed by atoms with Gasteiger partial charge in [0, 0.05) is 19.2 Å². The molecule has 0 aromatic heterocycles. The van der Waals surface area contributed by atoms with E-state index in [1.807, 2.05) is 13.8 Å². The summed E-state index contributed by atoms with van der Waals surface area (Å²) < 4.78 is 5.53. The van der Waals surface area contributed by atoms with Gasteiger partial charge < -0.3 is 19.8 Å². The minimum atomic E-state index is -0.375. The van der Waals surface area contributed by atoms with Crippen LogP contribution in [0.1, 0.15) is 24.2 Å². The predicted molar refractivity (Wildman–Crippen MR) is 65.7 cm³/mol. The molecule has 0 aliphatic carbocycles. The van der Waals surface area contributed by atoms with Crippen molar-refractivity contribution in [1.82, 2.24) is 4.90 Å². The van der Waals surface area contributed by atoms with Crippen LogP contribution in [0.3, 0.4) is 0 Å². The lowest BCUT2D eigenvalue weighted by Gasteiger charge is -2.38. The molecule has 0 spiro atoms. The van der Waals surface area contributed by atoms with Crippen LogP contribution in [0.5, 0.6) is 11.5 Å². The molecule has 18 heavy (non-hydrogen) atoms. The molecule has 1 aliphatic heterocycles. The first kappa shape index (κ1) is 12.7. The van der Waals surface area contributed by atoms with Gasteiger partial charge in [0.05, 0.1) is 17.8 Å². The largest absolute Gasteiger partial charge is 0.508 e. The third-order valence-corrected chi connectivity index (χ3v) is 2.92. The molecule has 1 fully saturated rings. The summed E-state index contributed by atoms with van der Waals surface area (Å²) in [7, 11) is 0. The molecule has 5 heteroatoms. The topological polar surface area (TPSA) is 70.0 Å². The molecule has 2 rings (SSSR count). The maximum Gasteiger partial charge on any atom is 0.257 e. The molecule has 0 unspecified atom stereocenters. The normalized spacial score (nSPS) is 18.7. The van der Waals surface area contributed by atoms with Crippen LogP contribution in [0.15, 0.2) is 18.2 Å². The van der Waals surface area contributed by atoms with E-state index in [4.69, 9.17) is 4.74 Å². The molecule has 2 N–H and O–H groups in total. The molecule has 1 heterocycles. The Morgan fingerprint density at radius 2 is 2.11 bits per heavy atom. The highest BCUT2D eigenvalue weighted by molar-refractivity contribution is 5.97. The second-order valence-corrected chi connectivity index (χ2v) is 5.04. The van der Waals surface area contributed by atoms with Gasteiger partial charge >= 0.3 is 0 Å². The molecular formula is C13H17NO4. The molecule has 1 saturated heterocycles. The Labute approximate surface area is 106 Å². The fourth-order valence-corrected chi connectivity index (χ4v) is 2.06. The van der Waals surface area contributed by atoms with Gasteiger partial charge in [0.15, 0.2) is 0 Å². The van der Waals surface area contributed by atoms with Crippen molar-refractivity contribution in [2.75, 3.05) is 19.7 Å². The monoisotopic (exact) mass is 251 g/mol. The van der Waals surface area contributed by atoms with Crippen molar-refractivity contribution in [3.05, 3.63) is 23.8 Å². The summed E-state index contributed by atoms with van der Waals surface area (Å²) in [6, 6.07) is 3.98. The number of phenols is 2. The number of aromatic hydroxyl groups is 2. The number of amides is 1. The molecule has 1 aromatic rings. The number of rotatable bonds is 1. The summed E-state index contributed by atoms with van der Waals surface area (Å²) in [4.78, 5) is 13.9. The van der Waals surface area contributed by atoms with Gasteiger partial charge in [0.2, 0.25) is 0 Å². The van der Waals surface area contributed by atoms with Crippen molar-refractivity contribution in [3.8, 4) is 11.5 Å². The molecule has 1 amide bonds. The van der Waals surface area contributed by atoms with Crippen LogP contribution in [-0.4, -0.2) is 46.3 Å². The summed E-state index contributed by atoms with van der Waals surface area (Å²) >= 11 is 0. The highest BCUT2D eigenvalue weighted by Gasteiger charge is 2.31. The van der Waals surface area contributed by atoms with Crippen molar-refractivity contribution in [2.45, 2.75) is 19.4 Å². The van der Waals surface area contributed by atoms with E-state index < -0.39 is 0 Å². The van der Waals surface area contributed by atoms with Crippen LogP contribution in [-0.2, 0) is 4.74 Å². The van der Waals surface area contributed by atoms with Crippen molar-refractivity contribution < 1.29 is 19.7 Å². The molecular weight excluding hydrogens is 234 g/mol. The maximum atomic E-state index is 12.2. The second-order valence-electron chi connectivity index (χ2n) is 5.04. The van der Waals surface area contributed by atoms with Gasteiger partial charge in [-0.3, -0.25) is 4.79 Å². The zero-order valence-electron chi connectivity index (χ0n) is 10.5. The molecule has 0 radical (unpaired) electrons. The minimum Gasteiger partial charge on any atom is -0.508 e. The van der Waals surface area contributed by atoms with Crippen LogP contribution in [0, 0.1) is 0 Å². The summed E-state index contributed by atoms with van der Waals surface area (Å²) in [6.45, 7) is 5.30. The first-order valence-corrected chi connectivity index (χ1v) is 5.84. The van der Waals surface area contributed by atoms with E-state index in [1.54, 1.807) is 4.90 Å². The van der Waals surface area contributed by atoms with Gasteiger partial charge in [-0.15, -0.1) is 0 Å². The fourth-order valence-electron chi connectivity index (χ4n) is 2.06. The van der Waals surface area contributed by atoms with Crippen LogP contribution < -0.4 is 0 Å². The van der Waals surface area contributed by atoms with E-state index in [1.165, 1.54) is 18.2 Å². The standard InChI is InChI=1S/C13H17NO4/c1-13(2)8-14(5-6-18-13)12(17)10-4-3-9(15)7-11(10)16/h3-4,7,15-16H,5-6,8H2,1-2H3. The van der Waals surface area contributed by atoms with Gasteiger partial charge in [0.25, 0.3) is 5.91 Å². The SMILES string of the molecule is CC1(C)CN(C(=O)c2ccc(O)cc2O)CCO1. The molecule has 1 aromatic carbocycles. The number of hydrogen-bond donors (Lipinski definition) is 2. The number of phenolic OH excluding ortho intramolecular Hbond substituents is 2. The molecule has 98 valence electrons. The third kappa shape index (κ3) is 2.56. The average molecular weight is 251 g/mol. The van der Waals surface area contributed by atoms with Crippen molar-refractivity contribution >= 4 is 5.91 Å². The van der Waals surface area contributed by atoms with Crippen LogP contribution in [0.4, 0.5) is 0 Å². The van der Waals surface area contributed by atoms with Gasteiger partial charge in [-0.25, -0.2) is 0 Å². The van der Waals surface area contributed by atoms with E-state index >= 15 is 0 Å². The van der Waals surface area contributed by atoms with E-state index in [0.29, 0.717) is 19.7 Å². The Bertz CT molecular complexity index is 470. The zero-order chi connectivity index (χ0) is 13.3. The number of hydrogen-bond acceptors (Lipinski definition) is 4. The first-order valence-electron chi connectivity index (χ1n) is 5.84. The molecule has 0 atom stereocenters. The quantitative estimate of drug-likeness (QED) is 0.790. The minimum absolute atomic E-state index is 0.0636. The van der Waals surface area contributed by atoms with Gasteiger partial charge in [-0.05, 0) is 26.0 Å². The first-order chi connectivity index (χ1) is 8.39. The lowest BCUT2D eigenvalue weighted by Crippen LogP contribution is -2.50. The van der Waals surface area contributed by atoms with E-state index in [9.17, 15) is 15.0 Å². The second kappa shape index (κ2) is 4.49. The van der Waals surface area contributed by atoms with Crippen molar-refractivity contribution in [3.63, 3.8) is 0 Å².